The van der Waals surface area contributed by atoms with E-state index in [-0.39, 0.29) is 5.91 Å². The van der Waals surface area contributed by atoms with Gasteiger partial charge in [0.05, 0.1) is 0 Å². The molecule has 3 rings (SSSR count). The Bertz CT molecular complexity index is 917. The fourth-order valence-corrected chi connectivity index (χ4v) is 2.35. The standard InChI is InChI=1S/C20H22N2O2/c1-12-6-9-15-17(10-12)24-18(21-15)14-8-7-13(2)16(11-14)22-19(23)20(3,4)5/h6-11H,1-5H3,(H,22,23). The smallest absolute Gasteiger partial charge is 0.229 e. The Morgan fingerprint density at radius 2 is 1.83 bits per heavy atom. The Labute approximate surface area is 141 Å². The lowest BCUT2D eigenvalue weighted by Gasteiger charge is -2.19. The molecule has 1 aromatic heterocycles. The van der Waals surface area contributed by atoms with Gasteiger partial charge in [-0.25, -0.2) is 4.98 Å². The van der Waals surface area contributed by atoms with Gasteiger partial charge in [-0.3, -0.25) is 4.79 Å². The molecule has 1 N–H and O–H groups in total. The number of rotatable bonds is 2. The number of carbonyl (C=O) groups excluding carboxylic acids is 1. The molecule has 0 unspecified atom stereocenters. The molecule has 0 radical (unpaired) electrons. The highest BCUT2D eigenvalue weighted by Gasteiger charge is 2.22. The van der Waals surface area contributed by atoms with E-state index in [0.29, 0.717) is 5.89 Å². The van der Waals surface area contributed by atoms with Crippen LogP contribution >= 0.6 is 0 Å². The molecule has 0 saturated heterocycles. The molecule has 1 amide bonds. The van der Waals surface area contributed by atoms with E-state index in [2.05, 4.69) is 10.3 Å². The van der Waals surface area contributed by atoms with Crippen LogP contribution in [0, 0.1) is 19.3 Å². The second-order valence-corrected chi connectivity index (χ2v) is 7.22. The highest BCUT2D eigenvalue weighted by molar-refractivity contribution is 5.95. The van der Waals surface area contributed by atoms with Crippen LogP contribution in [0.5, 0.6) is 0 Å². The Kier molecular flexibility index (Phi) is 3.91. The van der Waals surface area contributed by atoms with Crippen molar-refractivity contribution in [3.05, 3.63) is 47.5 Å². The predicted octanol–water partition coefficient (Wildman–Crippen LogP) is 5.10. The minimum absolute atomic E-state index is 0.0176. The number of fused-ring (bicyclic) bond motifs is 1. The number of oxazole rings is 1. The first-order valence-electron chi connectivity index (χ1n) is 8.04. The van der Waals surface area contributed by atoms with Crippen molar-refractivity contribution in [3.8, 4) is 11.5 Å². The van der Waals surface area contributed by atoms with Gasteiger partial charge in [-0.1, -0.05) is 32.9 Å². The van der Waals surface area contributed by atoms with Gasteiger partial charge in [-0.2, -0.15) is 0 Å². The van der Waals surface area contributed by atoms with Crippen LogP contribution in [-0.4, -0.2) is 10.9 Å². The van der Waals surface area contributed by atoms with Crippen molar-refractivity contribution in [3.63, 3.8) is 0 Å². The fourth-order valence-electron chi connectivity index (χ4n) is 2.35. The van der Waals surface area contributed by atoms with E-state index in [0.717, 1.165) is 33.5 Å². The van der Waals surface area contributed by atoms with Crippen molar-refractivity contribution in [1.29, 1.82) is 0 Å². The lowest BCUT2D eigenvalue weighted by molar-refractivity contribution is -0.123. The molecule has 1 heterocycles. The highest BCUT2D eigenvalue weighted by atomic mass is 16.3. The van der Waals surface area contributed by atoms with Crippen LogP contribution in [0.3, 0.4) is 0 Å². The summed E-state index contributed by atoms with van der Waals surface area (Å²) >= 11 is 0. The third-order valence-electron chi connectivity index (χ3n) is 3.96. The molecule has 0 bridgehead atoms. The van der Waals surface area contributed by atoms with Crippen molar-refractivity contribution in [2.75, 3.05) is 5.32 Å². The lowest BCUT2D eigenvalue weighted by Crippen LogP contribution is -2.27. The molecule has 24 heavy (non-hydrogen) atoms. The van der Waals surface area contributed by atoms with Crippen LogP contribution in [0.15, 0.2) is 40.8 Å². The summed E-state index contributed by atoms with van der Waals surface area (Å²) in [4.78, 5) is 16.8. The largest absolute Gasteiger partial charge is 0.436 e. The molecule has 4 heteroatoms. The minimum atomic E-state index is -0.447. The van der Waals surface area contributed by atoms with E-state index in [1.807, 2.05) is 71.0 Å². The monoisotopic (exact) mass is 322 g/mol. The average molecular weight is 322 g/mol. The van der Waals surface area contributed by atoms with Crippen molar-refractivity contribution < 1.29 is 9.21 Å². The van der Waals surface area contributed by atoms with E-state index in [4.69, 9.17) is 4.42 Å². The van der Waals surface area contributed by atoms with E-state index < -0.39 is 5.41 Å². The van der Waals surface area contributed by atoms with Crippen molar-refractivity contribution in [2.45, 2.75) is 34.6 Å². The number of hydrogen-bond donors (Lipinski definition) is 1. The van der Waals surface area contributed by atoms with Gasteiger partial charge in [-0.15, -0.1) is 0 Å². The summed E-state index contributed by atoms with van der Waals surface area (Å²) in [7, 11) is 0. The number of carbonyl (C=O) groups is 1. The zero-order valence-electron chi connectivity index (χ0n) is 14.7. The maximum Gasteiger partial charge on any atom is 0.229 e. The summed E-state index contributed by atoms with van der Waals surface area (Å²) in [6, 6.07) is 11.8. The molecule has 0 saturated carbocycles. The zero-order chi connectivity index (χ0) is 17.5. The first-order valence-corrected chi connectivity index (χ1v) is 8.04. The molecule has 3 aromatic rings. The van der Waals surface area contributed by atoms with Gasteiger partial charge in [0.2, 0.25) is 11.8 Å². The quantitative estimate of drug-likeness (QED) is 0.714. The molecule has 0 spiro atoms. The van der Waals surface area contributed by atoms with Crippen molar-refractivity contribution in [2.24, 2.45) is 5.41 Å². The molecule has 4 nitrogen and oxygen atoms in total. The number of aryl methyl sites for hydroxylation is 2. The molecule has 0 aliphatic heterocycles. The SMILES string of the molecule is Cc1ccc2nc(-c3ccc(C)c(NC(=O)C(C)(C)C)c3)oc2c1. The van der Waals surface area contributed by atoms with Crippen molar-refractivity contribution in [1.82, 2.24) is 4.98 Å². The second kappa shape index (κ2) is 5.78. The Balaban J connectivity index is 1.99. The van der Waals surface area contributed by atoms with Crippen molar-refractivity contribution >= 4 is 22.7 Å². The van der Waals surface area contributed by atoms with Gasteiger partial charge < -0.3 is 9.73 Å². The number of nitrogens with one attached hydrogen (secondary N) is 1. The van der Waals surface area contributed by atoms with Gasteiger partial charge in [-0.05, 0) is 49.2 Å². The Hall–Kier alpha value is -2.62. The third kappa shape index (κ3) is 3.18. The summed E-state index contributed by atoms with van der Waals surface area (Å²) in [5.41, 5.74) is 4.92. The summed E-state index contributed by atoms with van der Waals surface area (Å²) < 4.78 is 5.88. The maximum atomic E-state index is 12.3. The number of hydrogen-bond acceptors (Lipinski definition) is 3. The first-order chi connectivity index (χ1) is 11.2. The summed E-state index contributed by atoms with van der Waals surface area (Å²) in [5, 5.41) is 2.99. The molecule has 0 aliphatic rings. The van der Waals surface area contributed by atoms with Crippen LogP contribution in [0.1, 0.15) is 31.9 Å². The van der Waals surface area contributed by atoms with Crippen LogP contribution in [-0.2, 0) is 4.79 Å². The zero-order valence-corrected chi connectivity index (χ0v) is 14.7. The maximum absolute atomic E-state index is 12.3. The molecule has 2 aromatic carbocycles. The highest BCUT2D eigenvalue weighted by Crippen LogP contribution is 2.29. The van der Waals surface area contributed by atoms with Gasteiger partial charge >= 0.3 is 0 Å². The van der Waals surface area contributed by atoms with Gasteiger partial charge in [0.15, 0.2) is 5.58 Å². The molecule has 0 aliphatic carbocycles. The van der Waals surface area contributed by atoms with Crippen LogP contribution in [0.4, 0.5) is 5.69 Å². The average Bonchev–Trinajstić information content (AvgIpc) is 2.91. The van der Waals surface area contributed by atoms with E-state index in [1.54, 1.807) is 0 Å². The molecule has 124 valence electrons. The Morgan fingerprint density at radius 1 is 1.08 bits per heavy atom. The minimum Gasteiger partial charge on any atom is -0.436 e. The number of aromatic nitrogens is 1. The first kappa shape index (κ1) is 16.2. The predicted molar refractivity (Wildman–Crippen MR) is 97.0 cm³/mol. The van der Waals surface area contributed by atoms with Gasteiger partial charge in [0.25, 0.3) is 0 Å². The summed E-state index contributed by atoms with van der Waals surface area (Å²) in [6.07, 6.45) is 0. The fraction of sp³-hybridized carbons (Fsp3) is 0.300. The molecule has 0 fully saturated rings. The van der Waals surface area contributed by atoms with E-state index in [9.17, 15) is 4.79 Å². The topological polar surface area (TPSA) is 55.1 Å². The molecule has 0 atom stereocenters. The van der Waals surface area contributed by atoms with Gasteiger partial charge in [0, 0.05) is 16.7 Å². The van der Waals surface area contributed by atoms with Crippen LogP contribution < -0.4 is 5.32 Å². The summed E-state index contributed by atoms with van der Waals surface area (Å²) in [5.74, 6) is 0.540. The molecular weight excluding hydrogens is 300 g/mol. The number of nitrogens with zero attached hydrogens (tertiary/aromatic N) is 1. The second-order valence-electron chi connectivity index (χ2n) is 7.22. The van der Waals surface area contributed by atoms with E-state index in [1.165, 1.54) is 0 Å². The molecular formula is C20H22N2O2. The summed E-state index contributed by atoms with van der Waals surface area (Å²) in [6.45, 7) is 9.67. The number of anilines is 1. The lowest BCUT2D eigenvalue weighted by atomic mass is 9.95. The van der Waals surface area contributed by atoms with E-state index >= 15 is 0 Å². The number of benzene rings is 2. The van der Waals surface area contributed by atoms with Gasteiger partial charge in [0.1, 0.15) is 5.52 Å². The third-order valence-corrected chi connectivity index (χ3v) is 3.96. The van der Waals surface area contributed by atoms with Crippen LogP contribution in [0.2, 0.25) is 0 Å². The normalized spacial score (nSPS) is 11.7. The Morgan fingerprint density at radius 3 is 2.54 bits per heavy atom. The van der Waals surface area contributed by atoms with Crippen LogP contribution in [0.25, 0.3) is 22.6 Å². The number of amides is 1.